The fourth-order valence-electron chi connectivity index (χ4n) is 1.94. The summed E-state index contributed by atoms with van der Waals surface area (Å²) in [5.41, 5.74) is 2.97. The molecule has 0 aromatic rings. The zero-order chi connectivity index (χ0) is 11.1. The SMILES string of the molecule is CC(C)=CCC/C(C)=C\CN1CCCC1. The van der Waals surface area contributed by atoms with Crippen molar-refractivity contribution >= 4 is 0 Å². The maximum Gasteiger partial charge on any atom is 0.0165 e. The molecule has 1 fully saturated rings. The van der Waals surface area contributed by atoms with Gasteiger partial charge in [0.1, 0.15) is 0 Å². The molecule has 0 spiro atoms. The molecule has 1 aliphatic heterocycles. The summed E-state index contributed by atoms with van der Waals surface area (Å²) in [7, 11) is 0. The standard InChI is InChI=1S/C14H25N/c1-13(2)7-6-8-14(3)9-12-15-10-4-5-11-15/h7,9H,4-6,8,10-12H2,1-3H3/b14-9-. The molecular weight excluding hydrogens is 182 g/mol. The van der Waals surface area contributed by atoms with E-state index < -0.39 is 0 Å². The first-order chi connectivity index (χ1) is 7.18. The molecule has 0 aromatic carbocycles. The van der Waals surface area contributed by atoms with Gasteiger partial charge in [0, 0.05) is 6.54 Å². The van der Waals surface area contributed by atoms with Crippen LogP contribution in [0.5, 0.6) is 0 Å². The summed E-state index contributed by atoms with van der Waals surface area (Å²) >= 11 is 0. The van der Waals surface area contributed by atoms with Crippen LogP contribution in [0.2, 0.25) is 0 Å². The van der Waals surface area contributed by atoms with Gasteiger partial charge in [0.25, 0.3) is 0 Å². The second-order valence-electron chi connectivity index (χ2n) is 4.88. The van der Waals surface area contributed by atoms with Crippen molar-refractivity contribution in [2.24, 2.45) is 0 Å². The molecule has 0 N–H and O–H groups in total. The first kappa shape index (κ1) is 12.5. The van der Waals surface area contributed by atoms with Crippen molar-refractivity contribution in [1.29, 1.82) is 0 Å². The maximum absolute atomic E-state index is 2.55. The maximum atomic E-state index is 2.55. The summed E-state index contributed by atoms with van der Waals surface area (Å²) < 4.78 is 0. The summed E-state index contributed by atoms with van der Waals surface area (Å²) in [6.45, 7) is 10.4. The van der Waals surface area contributed by atoms with Gasteiger partial charge in [-0.1, -0.05) is 23.3 Å². The summed E-state index contributed by atoms with van der Waals surface area (Å²) in [6.07, 6.45) is 9.94. The Hall–Kier alpha value is -0.560. The molecule has 1 saturated heterocycles. The van der Waals surface area contributed by atoms with E-state index in [0.29, 0.717) is 0 Å². The lowest BCUT2D eigenvalue weighted by Crippen LogP contribution is -2.18. The third kappa shape index (κ3) is 5.78. The molecule has 1 nitrogen and oxygen atoms in total. The van der Waals surface area contributed by atoms with Crippen LogP contribution in [-0.4, -0.2) is 24.5 Å². The van der Waals surface area contributed by atoms with E-state index in [1.807, 2.05) is 0 Å². The summed E-state index contributed by atoms with van der Waals surface area (Å²) in [5.74, 6) is 0. The Morgan fingerprint density at radius 1 is 1.07 bits per heavy atom. The van der Waals surface area contributed by atoms with Gasteiger partial charge in [-0.3, -0.25) is 4.90 Å². The van der Waals surface area contributed by atoms with Crippen LogP contribution >= 0.6 is 0 Å². The van der Waals surface area contributed by atoms with Crippen LogP contribution in [0.3, 0.4) is 0 Å². The Morgan fingerprint density at radius 3 is 2.33 bits per heavy atom. The predicted octanol–water partition coefficient (Wildman–Crippen LogP) is 3.77. The Kier molecular flexibility index (Phi) is 5.70. The molecule has 15 heavy (non-hydrogen) atoms. The molecule has 0 saturated carbocycles. The number of rotatable bonds is 5. The molecule has 0 bridgehead atoms. The van der Waals surface area contributed by atoms with E-state index in [1.165, 1.54) is 50.9 Å². The van der Waals surface area contributed by atoms with Crippen LogP contribution in [0.15, 0.2) is 23.3 Å². The zero-order valence-electron chi connectivity index (χ0n) is 10.6. The summed E-state index contributed by atoms with van der Waals surface area (Å²) in [5, 5.41) is 0. The van der Waals surface area contributed by atoms with Crippen molar-refractivity contribution in [3.05, 3.63) is 23.3 Å². The van der Waals surface area contributed by atoms with Crippen LogP contribution in [0, 0.1) is 0 Å². The van der Waals surface area contributed by atoms with Gasteiger partial charge in [0.2, 0.25) is 0 Å². The van der Waals surface area contributed by atoms with Crippen LogP contribution in [0.1, 0.15) is 46.5 Å². The Balaban J connectivity index is 2.17. The van der Waals surface area contributed by atoms with Gasteiger partial charge in [-0.15, -0.1) is 0 Å². The largest absolute Gasteiger partial charge is 0.300 e. The van der Waals surface area contributed by atoms with E-state index >= 15 is 0 Å². The van der Waals surface area contributed by atoms with E-state index in [0.717, 1.165) is 0 Å². The minimum Gasteiger partial charge on any atom is -0.300 e. The van der Waals surface area contributed by atoms with Crippen molar-refractivity contribution in [3.63, 3.8) is 0 Å². The average molecular weight is 207 g/mol. The van der Waals surface area contributed by atoms with E-state index in [1.54, 1.807) is 5.57 Å². The van der Waals surface area contributed by atoms with Gasteiger partial charge in [-0.05, 0) is 59.5 Å². The molecule has 1 heterocycles. The molecular formula is C14H25N. The van der Waals surface area contributed by atoms with Crippen LogP contribution < -0.4 is 0 Å². The minimum atomic E-state index is 1.17. The first-order valence-electron chi connectivity index (χ1n) is 6.20. The molecule has 1 rings (SSSR count). The molecule has 0 aromatic heterocycles. The summed E-state index contributed by atoms with van der Waals surface area (Å²) in [6, 6.07) is 0. The normalized spacial score (nSPS) is 18.2. The number of hydrogen-bond acceptors (Lipinski definition) is 1. The van der Waals surface area contributed by atoms with Gasteiger partial charge >= 0.3 is 0 Å². The molecule has 0 radical (unpaired) electrons. The lowest BCUT2D eigenvalue weighted by atomic mass is 10.1. The second-order valence-corrected chi connectivity index (χ2v) is 4.88. The van der Waals surface area contributed by atoms with E-state index in [9.17, 15) is 0 Å². The van der Waals surface area contributed by atoms with Gasteiger partial charge in [-0.25, -0.2) is 0 Å². The second kappa shape index (κ2) is 6.84. The van der Waals surface area contributed by atoms with Crippen LogP contribution in [0.4, 0.5) is 0 Å². The van der Waals surface area contributed by atoms with Gasteiger partial charge in [-0.2, -0.15) is 0 Å². The van der Waals surface area contributed by atoms with Crippen LogP contribution in [-0.2, 0) is 0 Å². The highest BCUT2D eigenvalue weighted by atomic mass is 15.1. The van der Waals surface area contributed by atoms with Crippen molar-refractivity contribution in [1.82, 2.24) is 4.90 Å². The Bertz CT molecular complexity index is 228. The van der Waals surface area contributed by atoms with E-state index in [-0.39, 0.29) is 0 Å². The average Bonchev–Trinajstić information content (AvgIpc) is 2.66. The fraction of sp³-hybridized carbons (Fsp3) is 0.714. The Labute approximate surface area is 94.9 Å². The zero-order valence-corrected chi connectivity index (χ0v) is 10.6. The highest BCUT2D eigenvalue weighted by Gasteiger charge is 2.08. The third-order valence-electron chi connectivity index (χ3n) is 2.99. The topological polar surface area (TPSA) is 3.24 Å². The molecule has 0 aliphatic carbocycles. The number of nitrogens with zero attached hydrogens (tertiary/aromatic N) is 1. The van der Waals surface area contributed by atoms with Gasteiger partial charge in [0.05, 0.1) is 0 Å². The molecule has 1 aliphatic rings. The van der Waals surface area contributed by atoms with Crippen molar-refractivity contribution in [3.8, 4) is 0 Å². The lowest BCUT2D eigenvalue weighted by Gasteiger charge is -2.11. The molecule has 1 heteroatoms. The number of allylic oxidation sites excluding steroid dienone is 3. The van der Waals surface area contributed by atoms with Crippen molar-refractivity contribution < 1.29 is 0 Å². The highest BCUT2D eigenvalue weighted by Crippen LogP contribution is 2.10. The fourth-order valence-corrected chi connectivity index (χ4v) is 1.94. The lowest BCUT2D eigenvalue weighted by molar-refractivity contribution is 0.376. The van der Waals surface area contributed by atoms with Crippen molar-refractivity contribution in [2.45, 2.75) is 46.5 Å². The minimum absolute atomic E-state index is 1.17. The molecule has 0 amide bonds. The quantitative estimate of drug-likeness (QED) is 0.620. The van der Waals surface area contributed by atoms with Crippen LogP contribution in [0.25, 0.3) is 0 Å². The molecule has 0 unspecified atom stereocenters. The van der Waals surface area contributed by atoms with Gasteiger partial charge < -0.3 is 0 Å². The van der Waals surface area contributed by atoms with E-state index in [4.69, 9.17) is 0 Å². The third-order valence-corrected chi connectivity index (χ3v) is 2.99. The highest BCUT2D eigenvalue weighted by molar-refractivity contribution is 5.03. The Morgan fingerprint density at radius 2 is 1.73 bits per heavy atom. The number of hydrogen-bond donors (Lipinski definition) is 0. The van der Waals surface area contributed by atoms with Crippen molar-refractivity contribution in [2.75, 3.05) is 19.6 Å². The van der Waals surface area contributed by atoms with Gasteiger partial charge in [0.15, 0.2) is 0 Å². The molecule has 0 atom stereocenters. The summed E-state index contributed by atoms with van der Waals surface area (Å²) in [4.78, 5) is 2.55. The smallest absolute Gasteiger partial charge is 0.0165 e. The monoisotopic (exact) mass is 207 g/mol. The first-order valence-corrected chi connectivity index (χ1v) is 6.20. The predicted molar refractivity (Wildman–Crippen MR) is 68.1 cm³/mol. The van der Waals surface area contributed by atoms with E-state index in [2.05, 4.69) is 37.8 Å². The molecule has 86 valence electrons. The number of likely N-dealkylation sites (tertiary alicyclic amines) is 1.